The van der Waals surface area contributed by atoms with E-state index < -0.39 is 5.82 Å². The van der Waals surface area contributed by atoms with Gasteiger partial charge >= 0.3 is 0 Å². The highest BCUT2D eigenvalue weighted by atomic mass is 35.5. The molecule has 0 aliphatic heterocycles. The normalized spacial score (nSPS) is 12.2. The monoisotopic (exact) mass is 293 g/mol. The van der Waals surface area contributed by atoms with Crippen LogP contribution in [-0.2, 0) is 0 Å². The van der Waals surface area contributed by atoms with Gasteiger partial charge in [0.2, 0.25) is 0 Å². The molecule has 0 spiro atoms. The van der Waals surface area contributed by atoms with Gasteiger partial charge in [-0.05, 0) is 26.1 Å². The van der Waals surface area contributed by atoms with E-state index in [0.29, 0.717) is 12.2 Å². The van der Waals surface area contributed by atoms with Gasteiger partial charge < -0.3 is 10.1 Å². The van der Waals surface area contributed by atoms with E-state index in [0.717, 1.165) is 11.3 Å². The minimum absolute atomic E-state index is 0.122. The molecule has 106 valence electrons. The molecule has 0 aromatic heterocycles. The van der Waals surface area contributed by atoms with Crippen LogP contribution >= 0.6 is 11.6 Å². The highest BCUT2D eigenvalue weighted by Crippen LogP contribution is 2.32. The topological polar surface area (TPSA) is 21.3 Å². The first kappa shape index (κ1) is 14.8. The smallest absolute Gasteiger partial charge is 0.146 e. The van der Waals surface area contributed by atoms with Gasteiger partial charge in [-0.2, -0.15) is 0 Å². The zero-order valence-corrected chi connectivity index (χ0v) is 12.2. The highest BCUT2D eigenvalue weighted by molar-refractivity contribution is 6.30. The van der Waals surface area contributed by atoms with Crippen molar-refractivity contribution in [3.8, 4) is 5.75 Å². The molecule has 0 heterocycles. The first-order chi connectivity index (χ1) is 9.69. The summed E-state index contributed by atoms with van der Waals surface area (Å²) in [4.78, 5) is 0. The SMILES string of the molecule is CCOc1ccccc1C(NC)c1cccc(Cl)c1F. The third-order valence-corrected chi connectivity index (χ3v) is 3.40. The molecule has 1 N–H and O–H groups in total. The predicted octanol–water partition coefficient (Wildman–Crippen LogP) is 4.19. The second-order valence-electron chi connectivity index (χ2n) is 4.34. The zero-order valence-electron chi connectivity index (χ0n) is 11.5. The van der Waals surface area contributed by atoms with E-state index in [9.17, 15) is 4.39 Å². The predicted molar refractivity (Wildman–Crippen MR) is 79.9 cm³/mol. The number of halogens is 2. The van der Waals surface area contributed by atoms with Gasteiger partial charge in [-0.15, -0.1) is 0 Å². The Hall–Kier alpha value is -1.58. The first-order valence-electron chi connectivity index (χ1n) is 6.52. The maximum absolute atomic E-state index is 14.2. The molecule has 4 heteroatoms. The molecule has 2 rings (SSSR count). The number of para-hydroxylation sites is 1. The number of ether oxygens (including phenoxy) is 1. The van der Waals surface area contributed by atoms with Crippen LogP contribution in [0.15, 0.2) is 42.5 Å². The van der Waals surface area contributed by atoms with Crippen molar-refractivity contribution in [3.05, 3.63) is 64.4 Å². The van der Waals surface area contributed by atoms with Crippen LogP contribution in [0.25, 0.3) is 0 Å². The number of hydrogen-bond acceptors (Lipinski definition) is 2. The summed E-state index contributed by atoms with van der Waals surface area (Å²) in [6.45, 7) is 2.48. The van der Waals surface area contributed by atoms with E-state index in [-0.39, 0.29) is 11.1 Å². The maximum Gasteiger partial charge on any atom is 0.146 e. The summed E-state index contributed by atoms with van der Waals surface area (Å²) in [5.41, 5.74) is 1.39. The van der Waals surface area contributed by atoms with Crippen LogP contribution in [0, 0.1) is 5.82 Å². The molecule has 20 heavy (non-hydrogen) atoms. The third-order valence-electron chi connectivity index (χ3n) is 3.11. The van der Waals surface area contributed by atoms with Crippen molar-refractivity contribution in [2.45, 2.75) is 13.0 Å². The van der Waals surface area contributed by atoms with Crippen molar-refractivity contribution in [2.24, 2.45) is 0 Å². The minimum Gasteiger partial charge on any atom is -0.494 e. The summed E-state index contributed by atoms with van der Waals surface area (Å²) in [5.74, 6) is 0.341. The summed E-state index contributed by atoms with van der Waals surface area (Å²) < 4.78 is 19.8. The van der Waals surface area contributed by atoms with Crippen molar-refractivity contribution in [2.75, 3.05) is 13.7 Å². The quantitative estimate of drug-likeness (QED) is 0.892. The van der Waals surface area contributed by atoms with E-state index in [1.807, 2.05) is 31.2 Å². The van der Waals surface area contributed by atoms with E-state index in [2.05, 4.69) is 5.32 Å². The number of hydrogen-bond donors (Lipinski definition) is 1. The largest absolute Gasteiger partial charge is 0.494 e. The highest BCUT2D eigenvalue weighted by Gasteiger charge is 2.20. The zero-order chi connectivity index (χ0) is 14.5. The fourth-order valence-corrected chi connectivity index (χ4v) is 2.41. The van der Waals surface area contributed by atoms with Gasteiger partial charge in [0.15, 0.2) is 0 Å². The van der Waals surface area contributed by atoms with Crippen molar-refractivity contribution in [1.29, 1.82) is 0 Å². The Morgan fingerprint density at radius 2 is 1.85 bits per heavy atom. The van der Waals surface area contributed by atoms with Crippen molar-refractivity contribution >= 4 is 11.6 Å². The van der Waals surface area contributed by atoms with E-state index in [4.69, 9.17) is 16.3 Å². The summed E-state index contributed by atoms with van der Waals surface area (Å²) in [6.07, 6.45) is 0. The van der Waals surface area contributed by atoms with Crippen LogP contribution in [0.2, 0.25) is 5.02 Å². The standard InChI is InChI=1S/C16H17ClFNO/c1-3-20-14-10-5-4-7-11(14)16(19-2)12-8-6-9-13(17)15(12)18/h4-10,16,19H,3H2,1-2H3. The van der Waals surface area contributed by atoms with Gasteiger partial charge in [-0.1, -0.05) is 41.9 Å². The summed E-state index contributed by atoms with van der Waals surface area (Å²) >= 11 is 5.87. The Bertz CT molecular complexity index is 588. The van der Waals surface area contributed by atoms with Gasteiger partial charge in [0.1, 0.15) is 11.6 Å². The molecule has 0 amide bonds. The maximum atomic E-state index is 14.2. The molecule has 0 aliphatic rings. The van der Waals surface area contributed by atoms with E-state index in [1.165, 1.54) is 0 Å². The Balaban J connectivity index is 2.50. The minimum atomic E-state index is -0.403. The average Bonchev–Trinajstić information content (AvgIpc) is 2.46. The van der Waals surface area contributed by atoms with Crippen molar-refractivity contribution in [1.82, 2.24) is 5.32 Å². The lowest BCUT2D eigenvalue weighted by Gasteiger charge is -2.21. The van der Waals surface area contributed by atoms with Crippen molar-refractivity contribution < 1.29 is 9.13 Å². The van der Waals surface area contributed by atoms with Crippen LogP contribution in [-0.4, -0.2) is 13.7 Å². The number of benzene rings is 2. The second kappa shape index (κ2) is 6.73. The van der Waals surface area contributed by atoms with Crippen LogP contribution in [0.5, 0.6) is 5.75 Å². The molecular formula is C16H17ClFNO. The Morgan fingerprint density at radius 1 is 1.15 bits per heavy atom. The van der Waals surface area contributed by atoms with Gasteiger partial charge in [-0.25, -0.2) is 4.39 Å². The molecule has 0 radical (unpaired) electrons. The molecule has 2 aromatic rings. The molecule has 0 saturated heterocycles. The molecule has 1 unspecified atom stereocenters. The van der Waals surface area contributed by atoms with Gasteiger partial charge in [0.25, 0.3) is 0 Å². The van der Waals surface area contributed by atoms with E-state index in [1.54, 1.807) is 25.2 Å². The lowest BCUT2D eigenvalue weighted by atomic mass is 9.97. The summed E-state index contributed by atoms with van der Waals surface area (Å²) in [7, 11) is 1.79. The van der Waals surface area contributed by atoms with Gasteiger partial charge in [0, 0.05) is 11.1 Å². The van der Waals surface area contributed by atoms with Crippen LogP contribution < -0.4 is 10.1 Å². The van der Waals surface area contributed by atoms with Crippen LogP contribution in [0.4, 0.5) is 4.39 Å². The fraction of sp³-hybridized carbons (Fsp3) is 0.250. The molecule has 1 atom stereocenters. The summed E-state index contributed by atoms with van der Waals surface area (Å²) in [6, 6.07) is 12.3. The molecule has 0 saturated carbocycles. The molecule has 2 aromatic carbocycles. The summed E-state index contributed by atoms with van der Waals surface area (Å²) in [5, 5.41) is 3.24. The average molecular weight is 294 g/mol. The van der Waals surface area contributed by atoms with Crippen molar-refractivity contribution in [3.63, 3.8) is 0 Å². The van der Waals surface area contributed by atoms with E-state index >= 15 is 0 Å². The second-order valence-corrected chi connectivity index (χ2v) is 4.74. The van der Waals surface area contributed by atoms with Crippen LogP contribution in [0.3, 0.4) is 0 Å². The third kappa shape index (κ3) is 2.94. The van der Waals surface area contributed by atoms with Gasteiger partial charge in [0.05, 0.1) is 17.7 Å². The Kier molecular flexibility index (Phi) is 4.99. The number of rotatable bonds is 5. The lowest BCUT2D eigenvalue weighted by molar-refractivity contribution is 0.334. The molecule has 0 aliphatic carbocycles. The molecule has 2 nitrogen and oxygen atoms in total. The fourth-order valence-electron chi connectivity index (χ4n) is 2.23. The lowest BCUT2D eigenvalue weighted by Crippen LogP contribution is -2.20. The molecule has 0 fully saturated rings. The Labute approximate surface area is 123 Å². The van der Waals surface area contributed by atoms with Crippen LogP contribution in [0.1, 0.15) is 24.1 Å². The number of nitrogens with one attached hydrogen (secondary N) is 1. The molecular weight excluding hydrogens is 277 g/mol. The molecule has 0 bridgehead atoms. The Morgan fingerprint density at radius 3 is 2.55 bits per heavy atom. The first-order valence-corrected chi connectivity index (χ1v) is 6.89. The van der Waals surface area contributed by atoms with Gasteiger partial charge in [-0.3, -0.25) is 0 Å².